The molecule has 0 saturated heterocycles. The summed E-state index contributed by atoms with van der Waals surface area (Å²) in [7, 11) is 0. The van der Waals surface area contributed by atoms with Crippen molar-refractivity contribution in [1.29, 1.82) is 5.26 Å². The number of fused-ring (bicyclic) bond motifs is 2. The lowest BCUT2D eigenvalue weighted by molar-refractivity contribution is 0.491. The zero-order valence-corrected chi connectivity index (χ0v) is 24.7. The zero-order valence-electron chi connectivity index (χ0n) is 24.7. The van der Waals surface area contributed by atoms with Crippen LogP contribution in [0.1, 0.15) is 42.0 Å². The molecule has 1 aliphatic heterocycles. The van der Waals surface area contributed by atoms with Gasteiger partial charge in [0, 0.05) is 47.3 Å². The molecular formula is C37H34N6. The summed E-state index contributed by atoms with van der Waals surface area (Å²) in [5, 5.41) is 18.5. The number of anilines is 2. The van der Waals surface area contributed by atoms with Gasteiger partial charge >= 0.3 is 0 Å². The number of nitrogens with zero attached hydrogens (tertiary/aromatic N) is 4. The lowest BCUT2D eigenvalue weighted by Crippen LogP contribution is -2.44. The summed E-state index contributed by atoms with van der Waals surface area (Å²) in [6, 6.07) is 31.8. The molecule has 1 atom stereocenters. The fraction of sp³-hybridized carbons (Fsp3) is 0.189. The molecule has 0 spiro atoms. The topological polar surface area (TPSA) is 70.6 Å². The van der Waals surface area contributed by atoms with Gasteiger partial charge in [-0.3, -0.25) is 4.57 Å². The minimum Gasteiger partial charge on any atom is -0.361 e. The smallest absolute Gasteiger partial charge is 0.144 e. The standard InChI is InChI=1S/C37H34N6/c1-4-16-37(23-28-8-6-10-34-32(28)15-18-42(34)31-9-5-7-27(21-31)24-38)40-33-22-29(20-26(3)35(33)41-37)36-39-17-19-43(36)30-13-11-25(2)12-14-30/h5-15,17-22,40-41H,4,16,23H2,1-3H3. The van der Waals surface area contributed by atoms with E-state index >= 15 is 0 Å². The Bertz CT molecular complexity index is 2010. The number of rotatable bonds is 7. The Morgan fingerprint density at radius 2 is 1.70 bits per heavy atom. The maximum atomic E-state index is 9.42. The molecule has 212 valence electrons. The van der Waals surface area contributed by atoms with Crippen molar-refractivity contribution in [3.63, 3.8) is 0 Å². The van der Waals surface area contributed by atoms with E-state index in [4.69, 9.17) is 4.98 Å². The summed E-state index contributed by atoms with van der Waals surface area (Å²) in [4.78, 5) is 4.76. The third-order valence-corrected chi connectivity index (χ3v) is 8.53. The van der Waals surface area contributed by atoms with Crippen LogP contribution in [0, 0.1) is 25.2 Å². The van der Waals surface area contributed by atoms with Crippen LogP contribution in [0.4, 0.5) is 11.4 Å². The predicted octanol–water partition coefficient (Wildman–Crippen LogP) is 8.55. The highest BCUT2D eigenvalue weighted by Crippen LogP contribution is 2.43. The molecule has 0 radical (unpaired) electrons. The van der Waals surface area contributed by atoms with Crippen LogP contribution in [-0.2, 0) is 6.42 Å². The van der Waals surface area contributed by atoms with Crippen LogP contribution in [0.3, 0.4) is 0 Å². The first-order valence-corrected chi connectivity index (χ1v) is 14.9. The maximum absolute atomic E-state index is 9.42. The van der Waals surface area contributed by atoms with Gasteiger partial charge in [-0.2, -0.15) is 5.26 Å². The average molecular weight is 563 g/mol. The molecule has 4 aromatic carbocycles. The Morgan fingerprint density at radius 1 is 0.860 bits per heavy atom. The fourth-order valence-electron chi connectivity index (χ4n) is 6.53. The van der Waals surface area contributed by atoms with Crippen molar-refractivity contribution in [2.24, 2.45) is 0 Å². The van der Waals surface area contributed by atoms with Crippen LogP contribution >= 0.6 is 0 Å². The average Bonchev–Trinajstić information content (AvgIpc) is 3.76. The molecule has 0 fully saturated rings. The van der Waals surface area contributed by atoms with Crippen LogP contribution in [0.25, 0.3) is 33.7 Å². The third-order valence-electron chi connectivity index (χ3n) is 8.53. The van der Waals surface area contributed by atoms with Crippen molar-refractivity contribution in [3.05, 3.63) is 126 Å². The number of nitrogens with one attached hydrogen (secondary N) is 2. The van der Waals surface area contributed by atoms with Crippen molar-refractivity contribution in [3.8, 4) is 28.8 Å². The zero-order chi connectivity index (χ0) is 29.6. The minimum absolute atomic E-state index is 0.316. The molecule has 2 N–H and O–H groups in total. The molecule has 7 rings (SSSR count). The molecular weight excluding hydrogens is 528 g/mol. The Kier molecular flexibility index (Phi) is 6.51. The molecule has 1 unspecified atom stereocenters. The summed E-state index contributed by atoms with van der Waals surface area (Å²) >= 11 is 0. The van der Waals surface area contributed by atoms with Crippen molar-refractivity contribution in [2.45, 2.75) is 45.7 Å². The van der Waals surface area contributed by atoms with E-state index in [1.54, 1.807) is 0 Å². The van der Waals surface area contributed by atoms with Crippen molar-refractivity contribution < 1.29 is 0 Å². The SMILES string of the molecule is CCCC1(Cc2cccc3c2ccn3-c2cccc(C#N)c2)Nc2cc(-c3nccn3-c3ccc(C)cc3)cc(C)c2N1. The van der Waals surface area contributed by atoms with Gasteiger partial charge in [-0.05, 0) is 86.0 Å². The fourth-order valence-corrected chi connectivity index (χ4v) is 6.53. The predicted molar refractivity (Wildman–Crippen MR) is 175 cm³/mol. The third kappa shape index (κ3) is 4.73. The van der Waals surface area contributed by atoms with Gasteiger partial charge in [-0.1, -0.05) is 49.2 Å². The second-order valence-electron chi connectivity index (χ2n) is 11.6. The van der Waals surface area contributed by atoms with Crippen molar-refractivity contribution >= 4 is 22.3 Å². The first kappa shape index (κ1) is 26.6. The summed E-state index contributed by atoms with van der Waals surface area (Å²) in [6.45, 7) is 6.52. The second-order valence-corrected chi connectivity index (χ2v) is 11.6. The molecule has 0 aliphatic carbocycles. The summed E-state index contributed by atoms with van der Waals surface area (Å²) in [5.74, 6) is 0.927. The first-order valence-electron chi connectivity index (χ1n) is 14.9. The number of aromatic nitrogens is 3. The largest absolute Gasteiger partial charge is 0.361 e. The molecule has 6 nitrogen and oxygen atoms in total. The van der Waals surface area contributed by atoms with Crippen LogP contribution in [0.2, 0.25) is 0 Å². The second kappa shape index (κ2) is 10.5. The van der Waals surface area contributed by atoms with Gasteiger partial charge in [0.25, 0.3) is 0 Å². The first-order chi connectivity index (χ1) is 21.0. The van der Waals surface area contributed by atoms with E-state index in [1.807, 2.05) is 36.7 Å². The number of aryl methyl sites for hydroxylation is 2. The Morgan fingerprint density at radius 3 is 2.51 bits per heavy atom. The molecule has 1 aliphatic rings. The molecule has 0 bridgehead atoms. The van der Waals surface area contributed by atoms with E-state index < -0.39 is 0 Å². The van der Waals surface area contributed by atoms with E-state index in [9.17, 15) is 5.26 Å². The molecule has 0 saturated carbocycles. The number of benzene rings is 4. The Balaban J connectivity index is 1.23. The lowest BCUT2D eigenvalue weighted by Gasteiger charge is -2.31. The van der Waals surface area contributed by atoms with E-state index in [0.29, 0.717) is 5.56 Å². The molecule has 0 amide bonds. The summed E-state index contributed by atoms with van der Waals surface area (Å²) in [5.41, 5.74) is 10.6. The number of hydrogen-bond donors (Lipinski definition) is 2. The molecule has 6 aromatic rings. The van der Waals surface area contributed by atoms with Gasteiger partial charge in [0.05, 0.1) is 28.5 Å². The van der Waals surface area contributed by atoms with Gasteiger partial charge in [0.1, 0.15) is 11.5 Å². The van der Waals surface area contributed by atoms with Gasteiger partial charge < -0.3 is 15.2 Å². The van der Waals surface area contributed by atoms with Crippen LogP contribution in [0.15, 0.2) is 104 Å². The van der Waals surface area contributed by atoms with Crippen LogP contribution in [-0.4, -0.2) is 19.8 Å². The van der Waals surface area contributed by atoms with Gasteiger partial charge in [0.2, 0.25) is 0 Å². The highest BCUT2D eigenvalue weighted by Gasteiger charge is 2.37. The van der Waals surface area contributed by atoms with E-state index in [-0.39, 0.29) is 5.66 Å². The maximum Gasteiger partial charge on any atom is 0.144 e. The van der Waals surface area contributed by atoms with Crippen molar-refractivity contribution in [1.82, 2.24) is 14.1 Å². The van der Waals surface area contributed by atoms with Gasteiger partial charge in [0.15, 0.2) is 0 Å². The lowest BCUT2D eigenvalue weighted by atomic mass is 9.93. The normalized spacial score (nSPS) is 15.6. The summed E-state index contributed by atoms with van der Waals surface area (Å²) in [6.07, 6.45) is 8.83. The highest BCUT2D eigenvalue weighted by atomic mass is 15.3. The number of hydrogen-bond acceptors (Lipinski definition) is 4. The molecule has 43 heavy (non-hydrogen) atoms. The summed E-state index contributed by atoms with van der Waals surface area (Å²) < 4.78 is 4.32. The van der Waals surface area contributed by atoms with E-state index in [0.717, 1.165) is 58.9 Å². The van der Waals surface area contributed by atoms with Crippen LogP contribution in [0.5, 0.6) is 0 Å². The Hall–Kier alpha value is -5.28. The monoisotopic (exact) mass is 562 g/mol. The van der Waals surface area contributed by atoms with Gasteiger partial charge in [-0.15, -0.1) is 0 Å². The molecule has 6 heteroatoms. The number of imidazole rings is 1. The number of nitriles is 1. The molecule has 3 heterocycles. The quantitative estimate of drug-likeness (QED) is 0.205. The van der Waals surface area contributed by atoms with E-state index in [1.165, 1.54) is 22.1 Å². The van der Waals surface area contributed by atoms with Crippen molar-refractivity contribution in [2.75, 3.05) is 10.6 Å². The minimum atomic E-state index is -0.316. The molecule has 2 aromatic heterocycles. The van der Waals surface area contributed by atoms with Gasteiger partial charge in [-0.25, -0.2) is 4.98 Å². The Labute approximate surface area is 252 Å². The van der Waals surface area contributed by atoms with Crippen LogP contribution < -0.4 is 10.6 Å². The van der Waals surface area contributed by atoms with E-state index in [2.05, 4.69) is 113 Å². The highest BCUT2D eigenvalue weighted by molar-refractivity contribution is 5.87.